The lowest BCUT2D eigenvalue weighted by molar-refractivity contribution is 0.205. The minimum absolute atomic E-state index is 0.813. The van der Waals surface area contributed by atoms with E-state index in [9.17, 15) is 0 Å². The van der Waals surface area contributed by atoms with Crippen LogP contribution in [0.2, 0.25) is 0 Å². The zero-order valence-corrected chi connectivity index (χ0v) is 14.8. The molecule has 24 heavy (non-hydrogen) atoms. The lowest BCUT2D eigenvalue weighted by Crippen LogP contribution is -2.43. The predicted molar refractivity (Wildman–Crippen MR) is 101 cm³/mol. The molecule has 2 fully saturated rings. The lowest BCUT2D eigenvalue weighted by atomic mass is 10.1. The van der Waals surface area contributed by atoms with Crippen LogP contribution in [0.5, 0.6) is 5.75 Å². The molecular weight excluding hydrogens is 298 g/mol. The summed E-state index contributed by atoms with van der Waals surface area (Å²) in [7, 11) is 0. The summed E-state index contributed by atoms with van der Waals surface area (Å²) in [5, 5.41) is 0. The number of ether oxygens (including phenoxy) is 1. The number of hydrogen-bond acceptors (Lipinski definition) is 4. The summed E-state index contributed by atoms with van der Waals surface area (Å²) in [5.41, 5.74) is 1.29. The van der Waals surface area contributed by atoms with Crippen molar-refractivity contribution in [2.75, 3.05) is 57.3 Å². The van der Waals surface area contributed by atoms with Crippen LogP contribution in [-0.2, 0) is 0 Å². The summed E-state index contributed by atoms with van der Waals surface area (Å²) in [6, 6.07) is 8.58. The van der Waals surface area contributed by atoms with Crippen LogP contribution in [0.1, 0.15) is 25.7 Å². The first-order valence-corrected chi connectivity index (χ1v) is 9.42. The fourth-order valence-corrected chi connectivity index (χ4v) is 3.58. The van der Waals surface area contributed by atoms with E-state index >= 15 is 0 Å². The molecule has 0 unspecified atom stereocenters. The van der Waals surface area contributed by atoms with Crippen LogP contribution < -0.4 is 9.64 Å². The third-order valence-electron chi connectivity index (χ3n) is 5.11. The predicted octanol–water partition coefficient (Wildman–Crippen LogP) is 3.21. The Morgan fingerprint density at radius 3 is 2.29 bits per heavy atom. The second-order valence-corrected chi connectivity index (χ2v) is 6.80. The standard InChI is InChI=1S/C20H31N3O/c1-2-21-14-16-23(17-15-21)19-7-9-20(10-8-19)24-18-6-13-22-11-4-3-5-12-22/h2,7-10H,1,3-6,11-18H2. The Balaban J connectivity index is 1.37. The van der Waals surface area contributed by atoms with Gasteiger partial charge in [-0.05, 0) is 62.8 Å². The summed E-state index contributed by atoms with van der Waals surface area (Å²) in [4.78, 5) is 7.27. The summed E-state index contributed by atoms with van der Waals surface area (Å²) in [5.74, 6) is 0.988. The first-order valence-electron chi connectivity index (χ1n) is 9.42. The highest BCUT2D eigenvalue weighted by Crippen LogP contribution is 2.21. The molecule has 2 aliphatic rings. The average Bonchev–Trinajstić information content (AvgIpc) is 2.67. The summed E-state index contributed by atoms with van der Waals surface area (Å²) < 4.78 is 5.91. The van der Waals surface area contributed by atoms with Gasteiger partial charge in [0.15, 0.2) is 0 Å². The van der Waals surface area contributed by atoms with E-state index in [0.29, 0.717) is 0 Å². The van der Waals surface area contributed by atoms with Crippen LogP contribution in [0, 0.1) is 0 Å². The van der Waals surface area contributed by atoms with Gasteiger partial charge in [-0.2, -0.15) is 0 Å². The van der Waals surface area contributed by atoms with E-state index in [2.05, 4.69) is 45.5 Å². The Bertz CT molecular complexity index is 488. The van der Waals surface area contributed by atoms with Crippen molar-refractivity contribution in [1.82, 2.24) is 9.80 Å². The van der Waals surface area contributed by atoms with Gasteiger partial charge >= 0.3 is 0 Å². The van der Waals surface area contributed by atoms with Gasteiger partial charge in [0.05, 0.1) is 6.61 Å². The monoisotopic (exact) mass is 329 g/mol. The zero-order chi connectivity index (χ0) is 16.6. The van der Waals surface area contributed by atoms with E-state index in [1.807, 2.05) is 6.20 Å². The molecule has 0 saturated carbocycles. The number of hydrogen-bond donors (Lipinski definition) is 0. The third kappa shape index (κ3) is 4.91. The van der Waals surface area contributed by atoms with Gasteiger partial charge < -0.3 is 19.4 Å². The average molecular weight is 329 g/mol. The molecule has 2 aliphatic heterocycles. The van der Waals surface area contributed by atoms with Crippen LogP contribution in [-0.4, -0.2) is 62.2 Å². The Morgan fingerprint density at radius 2 is 1.62 bits per heavy atom. The molecule has 2 saturated heterocycles. The van der Waals surface area contributed by atoms with E-state index in [1.165, 1.54) is 44.6 Å². The highest BCUT2D eigenvalue weighted by atomic mass is 16.5. The van der Waals surface area contributed by atoms with Gasteiger partial charge in [-0.1, -0.05) is 13.0 Å². The minimum atomic E-state index is 0.813. The number of benzene rings is 1. The van der Waals surface area contributed by atoms with E-state index in [4.69, 9.17) is 4.74 Å². The number of nitrogens with zero attached hydrogens (tertiary/aromatic N) is 3. The highest BCUT2D eigenvalue weighted by Gasteiger charge is 2.14. The van der Waals surface area contributed by atoms with Crippen molar-refractivity contribution in [3.63, 3.8) is 0 Å². The molecule has 4 heteroatoms. The molecular formula is C20H31N3O. The molecule has 1 aromatic carbocycles. The maximum atomic E-state index is 5.91. The van der Waals surface area contributed by atoms with Crippen LogP contribution in [0.4, 0.5) is 5.69 Å². The lowest BCUT2D eigenvalue weighted by Gasteiger charge is -2.35. The van der Waals surface area contributed by atoms with Crippen LogP contribution in [0.3, 0.4) is 0 Å². The molecule has 0 bridgehead atoms. The van der Waals surface area contributed by atoms with Crippen molar-refractivity contribution in [2.24, 2.45) is 0 Å². The summed E-state index contributed by atoms with van der Waals surface area (Å²) in [6.45, 7) is 12.6. The Labute approximate surface area is 146 Å². The van der Waals surface area contributed by atoms with E-state index in [1.54, 1.807) is 0 Å². The van der Waals surface area contributed by atoms with Crippen molar-refractivity contribution in [3.05, 3.63) is 37.0 Å². The maximum absolute atomic E-state index is 5.91. The topological polar surface area (TPSA) is 19.0 Å². The normalized spacial score (nSPS) is 19.3. The van der Waals surface area contributed by atoms with E-state index < -0.39 is 0 Å². The number of rotatable bonds is 7. The molecule has 0 radical (unpaired) electrons. The molecule has 3 rings (SSSR count). The first-order chi connectivity index (χ1) is 11.8. The van der Waals surface area contributed by atoms with Crippen LogP contribution in [0.15, 0.2) is 37.0 Å². The van der Waals surface area contributed by atoms with Gasteiger partial charge in [-0.15, -0.1) is 0 Å². The molecule has 0 N–H and O–H groups in total. The molecule has 0 spiro atoms. The molecule has 1 aromatic rings. The van der Waals surface area contributed by atoms with Crippen molar-refractivity contribution < 1.29 is 4.74 Å². The molecule has 0 aliphatic carbocycles. The molecule has 132 valence electrons. The van der Waals surface area contributed by atoms with Gasteiger partial charge in [0, 0.05) is 38.4 Å². The first kappa shape index (κ1) is 17.2. The van der Waals surface area contributed by atoms with Crippen molar-refractivity contribution in [2.45, 2.75) is 25.7 Å². The van der Waals surface area contributed by atoms with Gasteiger partial charge in [-0.3, -0.25) is 0 Å². The SMILES string of the molecule is C=CN1CCN(c2ccc(OCCCN3CCCCC3)cc2)CC1. The largest absolute Gasteiger partial charge is 0.494 e. The highest BCUT2D eigenvalue weighted by molar-refractivity contribution is 5.49. The zero-order valence-electron chi connectivity index (χ0n) is 14.8. The maximum Gasteiger partial charge on any atom is 0.119 e. The summed E-state index contributed by atoms with van der Waals surface area (Å²) in [6.07, 6.45) is 7.19. The van der Waals surface area contributed by atoms with Crippen molar-refractivity contribution >= 4 is 5.69 Å². The molecule has 0 amide bonds. The van der Waals surface area contributed by atoms with Gasteiger partial charge in [-0.25, -0.2) is 0 Å². The minimum Gasteiger partial charge on any atom is -0.494 e. The van der Waals surface area contributed by atoms with Gasteiger partial charge in [0.25, 0.3) is 0 Å². The quantitative estimate of drug-likeness (QED) is 0.715. The number of piperazine rings is 1. The number of likely N-dealkylation sites (tertiary alicyclic amines) is 1. The molecule has 0 atom stereocenters. The fourth-order valence-electron chi connectivity index (χ4n) is 3.58. The Kier molecular flexibility index (Phi) is 6.41. The van der Waals surface area contributed by atoms with Gasteiger partial charge in [0.1, 0.15) is 5.75 Å². The fraction of sp³-hybridized carbons (Fsp3) is 0.600. The van der Waals surface area contributed by atoms with E-state index in [-0.39, 0.29) is 0 Å². The number of piperidine rings is 1. The van der Waals surface area contributed by atoms with Crippen LogP contribution in [0.25, 0.3) is 0 Å². The van der Waals surface area contributed by atoms with Crippen molar-refractivity contribution in [3.8, 4) is 5.75 Å². The Morgan fingerprint density at radius 1 is 0.917 bits per heavy atom. The summed E-state index contributed by atoms with van der Waals surface area (Å²) >= 11 is 0. The van der Waals surface area contributed by atoms with Gasteiger partial charge in [0.2, 0.25) is 0 Å². The molecule has 0 aromatic heterocycles. The second-order valence-electron chi connectivity index (χ2n) is 6.80. The third-order valence-corrected chi connectivity index (χ3v) is 5.11. The van der Waals surface area contributed by atoms with Crippen LogP contribution >= 0.6 is 0 Å². The smallest absolute Gasteiger partial charge is 0.119 e. The molecule has 4 nitrogen and oxygen atoms in total. The Hall–Kier alpha value is -1.68. The van der Waals surface area contributed by atoms with Crippen molar-refractivity contribution in [1.29, 1.82) is 0 Å². The number of anilines is 1. The van der Waals surface area contributed by atoms with E-state index in [0.717, 1.165) is 45.0 Å². The molecule has 2 heterocycles. The second kappa shape index (κ2) is 8.97.